The van der Waals surface area contributed by atoms with E-state index in [1.807, 2.05) is 0 Å². The molecule has 5 nitrogen and oxygen atoms in total. The SMILES string of the molecule is COc1ccc(NC(=O)C(C)C(C)N)c(O)c1. The minimum atomic E-state index is -0.323. The van der Waals surface area contributed by atoms with Crippen molar-refractivity contribution in [2.75, 3.05) is 12.4 Å². The number of methoxy groups -OCH3 is 1. The molecule has 0 saturated heterocycles. The molecule has 0 spiro atoms. The first-order valence-electron chi connectivity index (χ1n) is 5.39. The van der Waals surface area contributed by atoms with E-state index in [2.05, 4.69) is 5.32 Å². The van der Waals surface area contributed by atoms with E-state index in [4.69, 9.17) is 10.5 Å². The van der Waals surface area contributed by atoms with Gasteiger partial charge in [0, 0.05) is 12.1 Å². The van der Waals surface area contributed by atoms with Crippen LogP contribution in [0.2, 0.25) is 0 Å². The molecular formula is C12H18N2O3. The first-order chi connectivity index (χ1) is 7.95. The second-order valence-corrected chi connectivity index (χ2v) is 4.02. The third-order valence-corrected chi connectivity index (χ3v) is 2.67. The van der Waals surface area contributed by atoms with E-state index in [0.717, 1.165) is 0 Å². The highest BCUT2D eigenvalue weighted by Crippen LogP contribution is 2.28. The highest BCUT2D eigenvalue weighted by molar-refractivity contribution is 5.94. The summed E-state index contributed by atoms with van der Waals surface area (Å²) >= 11 is 0. The topological polar surface area (TPSA) is 84.6 Å². The van der Waals surface area contributed by atoms with E-state index in [0.29, 0.717) is 11.4 Å². The van der Waals surface area contributed by atoms with E-state index in [-0.39, 0.29) is 23.6 Å². The maximum absolute atomic E-state index is 11.7. The predicted octanol–water partition coefficient (Wildman–Crippen LogP) is 1.32. The highest BCUT2D eigenvalue weighted by Gasteiger charge is 2.18. The summed E-state index contributed by atoms with van der Waals surface area (Å²) in [5, 5.41) is 12.3. The molecule has 0 heterocycles. The molecule has 17 heavy (non-hydrogen) atoms. The van der Waals surface area contributed by atoms with Crippen molar-refractivity contribution in [3.05, 3.63) is 18.2 Å². The lowest BCUT2D eigenvalue weighted by Gasteiger charge is -2.16. The quantitative estimate of drug-likeness (QED) is 0.691. The van der Waals surface area contributed by atoms with Gasteiger partial charge in [-0.05, 0) is 19.1 Å². The monoisotopic (exact) mass is 238 g/mol. The second kappa shape index (κ2) is 5.54. The van der Waals surface area contributed by atoms with Crippen LogP contribution in [0.15, 0.2) is 18.2 Å². The van der Waals surface area contributed by atoms with Gasteiger partial charge in [-0.15, -0.1) is 0 Å². The van der Waals surface area contributed by atoms with Gasteiger partial charge in [-0.25, -0.2) is 0 Å². The van der Waals surface area contributed by atoms with E-state index < -0.39 is 0 Å². The van der Waals surface area contributed by atoms with Gasteiger partial charge in [0.1, 0.15) is 11.5 Å². The lowest BCUT2D eigenvalue weighted by Crippen LogP contribution is -2.34. The standard InChI is InChI=1S/C12H18N2O3/c1-7(8(2)13)12(16)14-10-5-4-9(17-3)6-11(10)15/h4-8,15H,13H2,1-3H3,(H,14,16). The van der Waals surface area contributed by atoms with Crippen LogP contribution in [0.5, 0.6) is 11.5 Å². The molecule has 0 aliphatic heterocycles. The number of hydrogen-bond donors (Lipinski definition) is 3. The molecule has 2 unspecified atom stereocenters. The van der Waals surface area contributed by atoms with Crippen molar-refractivity contribution in [3.8, 4) is 11.5 Å². The fourth-order valence-corrected chi connectivity index (χ4v) is 1.23. The Balaban J connectivity index is 2.78. The maximum atomic E-state index is 11.7. The smallest absolute Gasteiger partial charge is 0.228 e. The fourth-order valence-electron chi connectivity index (χ4n) is 1.23. The van der Waals surface area contributed by atoms with Crippen molar-refractivity contribution in [2.45, 2.75) is 19.9 Å². The summed E-state index contributed by atoms with van der Waals surface area (Å²) in [6.07, 6.45) is 0. The Morgan fingerprint density at radius 1 is 1.47 bits per heavy atom. The normalized spacial score (nSPS) is 13.9. The number of ether oxygens (including phenoxy) is 1. The van der Waals surface area contributed by atoms with Crippen molar-refractivity contribution >= 4 is 11.6 Å². The Morgan fingerprint density at radius 2 is 2.12 bits per heavy atom. The highest BCUT2D eigenvalue weighted by atomic mass is 16.5. The fraction of sp³-hybridized carbons (Fsp3) is 0.417. The predicted molar refractivity (Wildman–Crippen MR) is 66.1 cm³/mol. The van der Waals surface area contributed by atoms with E-state index in [1.165, 1.54) is 13.2 Å². The summed E-state index contributed by atoms with van der Waals surface area (Å²) in [4.78, 5) is 11.7. The molecule has 1 aromatic rings. The van der Waals surface area contributed by atoms with Gasteiger partial charge in [-0.2, -0.15) is 0 Å². The number of hydrogen-bond acceptors (Lipinski definition) is 4. The summed E-state index contributed by atoms with van der Waals surface area (Å²) in [5.74, 6) is -0.0488. The van der Waals surface area contributed by atoms with E-state index in [9.17, 15) is 9.90 Å². The van der Waals surface area contributed by atoms with Crippen molar-refractivity contribution < 1.29 is 14.6 Å². The molecule has 1 aromatic carbocycles. The van der Waals surface area contributed by atoms with Crippen LogP contribution in [0.4, 0.5) is 5.69 Å². The largest absolute Gasteiger partial charge is 0.506 e. The lowest BCUT2D eigenvalue weighted by atomic mass is 10.0. The number of nitrogens with one attached hydrogen (secondary N) is 1. The molecule has 4 N–H and O–H groups in total. The molecule has 0 aromatic heterocycles. The molecule has 1 rings (SSSR count). The molecule has 1 amide bonds. The summed E-state index contributed by atoms with van der Waals surface area (Å²) in [6.45, 7) is 3.50. The van der Waals surface area contributed by atoms with Crippen LogP contribution in [-0.4, -0.2) is 24.2 Å². The number of phenols is 1. The average Bonchev–Trinajstić information content (AvgIpc) is 2.30. The number of carbonyl (C=O) groups is 1. The van der Waals surface area contributed by atoms with Gasteiger partial charge in [0.05, 0.1) is 18.7 Å². The van der Waals surface area contributed by atoms with Crippen LogP contribution in [-0.2, 0) is 4.79 Å². The van der Waals surface area contributed by atoms with Crippen molar-refractivity contribution in [1.82, 2.24) is 0 Å². The lowest BCUT2D eigenvalue weighted by molar-refractivity contribution is -0.119. The van der Waals surface area contributed by atoms with Gasteiger partial charge in [0.25, 0.3) is 0 Å². The third-order valence-electron chi connectivity index (χ3n) is 2.67. The first-order valence-corrected chi connectivity index (χ1v) is 5.39. The number of rotatable bonds is 4. The summed E-state index contributed by atoms with van der Waals surface area (Å²) in [6, 6.07) is 4.44. The van der Waals surface area contributed by atoms with Crippen molar-refractivity contribution in [3.63, 3.8) is 0 Å². The number of nitrogens with two attached hydrogens (primary N) is 1. The average molecular weight is 238 g/mol. The molecule has 94 valence electrons. The minimum absolute atomic E-state index is 0.0328. The Hall–Kier alpha value is -1.75. The van der Waals surface area contributed by atoms with Gasteiger partial charge >= 0.3 is 0 Å². The zero-order valence-electron chi connectivity index (χ0n) is 10.2. The summed E-state index contributed by atoms with van der Waals surface area (Å²) < 4.78 is 4.95. The minimum Gasteiger partial charge on any atom is -0.506 e. The second-order valence-electron chi connectivity index (χ2n) is 4.02. The number of benzene rings is 1. The number of anilines is 1. The molecule has 5 heteroatoms. The van der Waals surface area contributed by atoms with Gasteiger partial charge in [0.15, 0.2) is 0 Å². The Labute approximate surface area is 101 Å². The summed E-state index contributed by atoms with van der Waals surface area (Å²) in [7, 11) is 1.51. The van der Waals surface area contributed by atoms with Gasteiger partial charge < -0.3 is 20.9 Å². The molecular weight excluding hydrogens is 220 g/mol. The van der Waals surface area contributed by atoms with Crippen LogP contribution in [0.3, 0.4) is 0 Å². The van der Waals surface area contributed by atoms with E-state index in [1.54, 1.807) is 26.0 Å². The number of amides is 1. The maximum Gasteiger partial charge on any atom is 0.228 e. The zero-order valence-corrected chi connectivity index (χ0v) is 10.2. The molecule has 0 aliphatic rings. The molecule has 0 bridgehead atoms. The van der Waals surface area contributed by atoms with Crippen LogP contribution < -0.4 is 15.8 Å². The molecule has 0 aliphatic carbocycles. The summed E-state index contributed by atoms with van der Waals surface area (Å²) in [5.41, 5.74) is 5.98. The van der Waals surface area contributed by atoms with E-state index >= 15 is 0 Å². The van der Waals surface area contributed by atoms with Crippen LogP contribution in [0.1, 0.15) is 13.8 Å². The van der Waals surface area contributed by atoms with Crippen molar-refractivity contribution in [2.24, 2.45) is 11.7 Å². The van der Waals surface area contributed by atoms with Crippen LogP contribution in [0.25, 0.3) is 0 Å². The Morgan fingerprint density at radius 3 is 2.59 bits per heavy atom. The zero-order chi connectivity index (χ0) is 13.0. The van der Waals surface area contributed by atoms with Gasteiger partial charge in [0.2, 0.25) is 5.91 Å². The van der Waals surface area contributed by atoms with Crippen LogP contribution >= 0.6 is 0 Å². The molecule has 0 saturated carbocycles. The Kier molecular flexibility index (Phi) is 4.34. The first kappa shape index (κ1) is 13.3. The number of aromatic hydroxyl groups is 1. The molecule has 0 fully saturated rings. The van der Waals surface area contributed by atoms with Crippen LogP contribution in [0, 0.1) is 5.92 Å². The number of carbonyl (C=O) groups excluding carboxylic acids is 1. The third kappa shape index (κ3) is 3.35. The molecule has 0 radical (unpaired) electrons. The van der Waals surface area contributed by atoms with Gasteiger partial charge in [-0.1, -0.05) is 6.92 Å². The van der Waals surface area contributed by atoms with Gasteiger partial charge in [-0.3, -0.25) is 4.79 Å². The Bertz CT molecular complexity index is 405. The number of phenolic OH excluding ortho intramolecular Hbond substituents is 1. The van der Waals surface area contributed by atoms with Crippen molar-refractivity contribution in [1.29, 1.82) is 0 Å². The molecule has 2 atom stereocenters.